The van der Waals surface area contributed by atoms with Crippen molar-refractivity contribution in [2.45, 2.75) is 25.4 Å². The Morgan fingerprint density at radius 2 is 1.96 bits per heavy atom. The standard InChI is InChI=1S/C14H18N6O4/c1-18-7-16-12-11(18)13(23)20(14(24)19(12)2)6-10(22)15-5-9(21)17-8-3-4-8/h7-8H,3-6H2,1-2H3,(H,15,22)(H,17,21). The van der Waals surface area contributed by atoms with E-state index in [1.807, 2.05) is 0 Å². The van der Waals surface area contributed by atoms with Crippen LogP contribution in [0.2, 0.25) is 0 Å². The molecule has 2 heterocycles. The SMILES string of the molecule is Cn1cnc2c1c(=O)n(CC(=O)NCC(=O)NC1CC1)c(=O)n2C. The van der Waals surface area contributed by atoms with Gasteiger partial charge < -0.3 is 15.2 Å². The number of carbonyl (C=O) groups excluding carboxylic acids is 2. The molecule has 1 aliphatic rings. The summed E-state index contributed by atoms with van der Waals surface area (Å²) in [5, 5.41) is 5.15. The molecule has 0 saturated heterocycles. The summed E-state index contributed by atoms with van der Waals surface area (Å²) in [6.07, 6.45) is 3.34. The number of fused-ring (bicyclic) bond motifs is 1. The van der Waals surface area contributed by atoms with E-state index in [0.717, 1.165) is 17.4 Å². The Morgan fingerprint density at radius 1 is 1.25 bits per heavy atom. The second kappa shape index (κ2) is 5.95. The predicted molar refractivity (Wildman–Crippen MR) is 84.4 cm³/mol. The van der Waals surface area contributed by atoms with Gasteiger partial charge in [-0.05, 0) is 12.8 Å². The largest absolute Gasteiger partial charge is 0.352 e. The third-order valence-electron chi connectivity index (χ3n) is 3.89. The number of nitrogens with one attached hydrogen (secondary N) is 2. The Morgan fingerprint density at radius 3 is 2.62 bits per heavy atom. The van der Waals surface area contributed by atoms with Gasteiger partial charge in [-0.1, -0.05) is 0 Å². The van der Waals surface area contributed by atoms with Crippen LogP contribution >= 0.6 is 0 Å². The van der Waals surface area contributed by atoms with E-state index in [1.165, 1.54) is 22.5 Å². The highest BCUT2D eigenvalue weighted by Crippen LogP contribution is 2.18. The lowest BCUT2D eigenvalue weighted by Gasteiger charge is -2.09. The van der Waals surface area contributed by atoms with Gasteiger partial charge in [-0.3, -0.25) is 19.0 Å². The Balaban J connectivity index is 1.78. The highest BCUT2D eigenvalue weighted by Gasteiger charge is 2.23. The molecule has 0 unspecified atom stereocenters. The molecule has 24 heavy (non-hydrogen) atoms. The molecular formula is C14H18N6O4. The zero-order chi connectivity index (χ0) is 17.4. The van der Waals surface area contributed by atoms with Gasteiger partial charge in [-0.15, -0.1) is 0 Å². The fourth-order valence-corrected chi connectivity index (χ4v) is 2.42. The number of carbonyl (C=O) groups is 2. The van der Waals surface area contributed by atoms with Crippen molar-refractivity contribution < 1.29 is 9.59 Å². The molecule has 2 amide bonds. The van der Waals surface area contributed by atoms with Crippen molar-refractivity contribution in [1.82, 2.24) is 29.3 Å². The van der Waals surface area contributed by atoms with Gasteiger partial charge in [0.1, 0.15) is 6.54 Å². The molecule has 128 valence electrons. The first-order valence-corrected chi connectivity index (χ1v) is 7.55. The molecule has 10 heteroatoms. The Kier molecular flexibility index (Phi) is 3.96. The van der Waals surface area contributed by atoms with Crippen molar-refractivity contribution in [2.24, 2.45) is 14.1 Å². The molecule has 2 N–H and O–H groups in total. The molecule has 2 aromatic heterocycles. The smallest absolute Gasteiger partial charge is 0.332 e. The summed E-state index contributed by atoms with van der Waals surface area (Å²) in [4.78, 5) is 52.2. The van der Waals surface area contributed by atoms with E-state index in [1.54, 1.807) is 7.05 Å². The number of imidazole rings is 1. The van der Waals surface area contributed by atoms with Crippen molar-refractivity contribution in [1.29, 1.82) is 0 Å². The topological polar surface area (TPSA) is 120 Å². The summed E-state index contributed by atoms with van der Waals surface area (Å²) < 4.78 is 3.54. The molecule has 0 radical (unpaired) electrons. The first kappa shape index (κ1) is 16.0. The third-order valence-corrected chi connectivity index (χ3v) is 3.89. The number of rotatable bonds is 5. The maximum atomic E-state index is 12.4. The predicted octanol–water partition coefficient (Wildman–Crippen LogP) is -2.17. The van der Waals surface area contributed by atoms with E-state index in [2.05, 4.69) is 15.6 Å². The minimum Gasteiger partial charge on any atom is -0.352 e. The number of hydrogen-bond donors (Lipinski definition) is 2. The molecule has 0 bridgehead atoms. The highest BCUT2D eigenvalue weighted by molar-refractivity contribution is 5.85. The van der Waals surface area contributed by atoms with Crippen LogP contribution in [0.5, 0.6) is 0 Å². The van der Waals surface area contributed by atoms with Crippen LogP contribution in [-0.4, -0.2) is 43.1 Å². The Labute approximate surface area is 136 Å². The van der Waals surface area contributed by atoms with Gasteiger partial charge in [0.15, 0.2) is 11.2 Å². The summed E-state index contributed by atoms with van der Waals surface area (Å²) in [6.45, 7) is -0.637. The minimum absolute atomic E-state index is 0.182. The maximum Gasteiger partial charge on any atom is 0.332 e. The monoisotopic (exact) mass is 334 g/mol. The van der Waals surface area contributed by atoms with Crippen LogP contribution in [0.25, 0.3) is 11.2 Å². The lowest BCUT2D eigenvalue weighted by Crippen LogP contribution is -2.45. The lowest BCUT2D eigenvalue weighted by atomic mass is 10.4. The van der Waals surface area contributed by atoms with Crippen molar-refractivity contribution in [3.05, 3.63) is 27.2 Å². The van der Waals surface area contributed by atoms with Crippen LogP contribution < -0.4 is 21.9 Å². The molecule has 1 aliphatic carbocycles. The maximum absolute atomic E-state index is 12.4. The van der Waals surface area contributed by atoms with Gasteiger partial charge in [-0.25, -0.2) is 14.3 Å². The highest BCUT2D eigenvalue weighted by atomic mass is 16.2. The number of aryl methyl sites for hydroxylation is 2. The van der Waals surface area contributed by atoms with Crippen LogP contribution in [0.3, 0.4) is 0 Å². The lowest BCUT2D eigenvalue weighted by molar-refractivity contribution is -0.126. The normalized spacial score (nSPS) is 13.9. The van der Waals surface area contributed by atoms with Gasteiger partial charge in [-0.2, -0.15) is 0 Å². The summed E-state index contributed by atoms with van der Waals surface area (Å²) in [5.41, 5.74) is -0.737. The quantitative estimate of drug-likeness (QED) is 0.645. The summed E-state index contributed by atoms with van der Waals surface area (Å²) in [6, 6.07) is 0.205. The van der Waals surface area contributed by atoms with Crippen molar-refractivity contribution in [2.75, 3.05) is 6.54 Å². The van der Waals surface area contributed by atoms with Crippen LogP contribution in [0.4, 0.5) is 0 Å². The average molecular weight is 334 g/mol. The molecule has 3 rings (SSSR count). The number of aromatic nitrogens is 4. The fourth-order valence-electron chi connectivity index (χ4n) is 2.42. The van der Waals surface area contributed by atoms with Crippen molar-refractivity contribution in [3.63, 3.8) is 0 Å². The van der Waals surface area contributed by atoms with Crippen LogP contribution in [0, 0.1) is 0 Å². The number of amides is 2. The van der Waals surface area contributed by atoms with Gasteiger partial charge in [0.05, 0.1) is 12.9 Å². The molecule has 0 aromatic carbocycles. The summed E-state index contributed by atoms with van der Waals surface area (Å²) in [7, 11) is 3.11. The minimum atomic E-state index is -0.635. The van der Waals surface area contributed by atoms with E-state index < -0.39 is 23.7 Å². The van der Waals surface area contributed by atoms with Crippen LogP contribution in [-0.2, 0) is 30.2 Å². The Bertz CT molecular complexity index is 933. The van der Waals surface area contributed by atoms with E-state index >= 15 is 0 Å². The zero-order valence-corrected chi connectivity index (χ0v) is 13.4. The van der Waals surface area contributed by atoms with Crippen molar-refractivity contribution in [3.8, 4) is 0 Å². The number of nitrogens with zero attached hydrogens (tertiary/aromatic N) is 4. The molecule has 0 aliphatic heterocycles. The Hall–Kier alpha value is -2.91. The van der Waals surface area contributed by atoms with Crippen molar-refractivity contribution >= 4 is 23.0 Å². The molecule has 1 saturated carbocycles. The van der Waals surface area contributed by atoms with E-state index in [-0.39, 0.29) is 29.7 Å². The second-order valence-corrected chi connectivity index (χ2v) is 5.88. The molecule has 0 spiro atoms. The molecular weight excluding hydrogens is 316 g/mol. The van der Waals surface area contributed by atoms with E-state index in [4.69, 9.17) is 0 Å². The van der Waals surface area contributed by atoms with Gasteiger partial charge in [0.25, 0.3) is 5.56 Å². The second-order valence-electron chi connectivity index (χ2n) is 5.88. The van der Waals surface area contributed by atoms with E-state index in [0.29, 0.717) is 0 Å². The van der Waals surface area contributed by atoms with Gasteiger partial charge >= 0.3 is 5.69 Å². The molecule has 2 aromatic rings. The molecule has 0 atom stereocenters. The summed E-state index contributed by atoms with van der Waals surface area (Å²) in [5.74, 6) is -0.866. The van der Waals surface area contributed by atoms with E-state index in [9.17, 15) is 19.2 Å². The summed E-state index contributed by atoms with van der Waals surface area (Å²) >= 11 is 0. The van der Waals surface area contributed by atoms with Gasteiger partial charge in [0, 0.05) is 20.1 Å². The molecule has 10 nitrogen and oxygen atoms in total. The average Bonchev–Trinajstić information content (AvgIpc) is 3.27. The van der Waals surface area contributed by atoms with Crippen LogP contribution in [0.1, 0.15) is 12.8 Å². The van der Waals surface area contributed by atoms with Gasteiger partial charge in [0.2, 0.25) is 11.8 Å². The van der Waals surface area contributed by atoms with Crippen LogP contribution in [0.15, 0.2) is 15.9 Å². The first-order chi connectivity index (χ1) is 11.4. The first-order valence-electron chi connectivity index (χ1n) is 7.55. The molecule has 1 fully saturated rings. The third kappa shape index (κ3) is 2.94. The zero-order valence-electron chi connectivity index (χ0n) is 13.4. The number of hydrogen-bond acceptors (Lipinski definition) is 5. The fraction of sp³-hybridized carbons (Fsp3) is 0.500.